The minimum Gasteiger partial charge on any atom is -0.497 e. The third kappa shape index (κ3) is 5.80. The maximum Gasteiger partial charge on any atom is 0.222 e. The predicted molar refractivity (Wildman–Crippen MR) is 137 cm³/mol. The van der Waals surface area contributed by atoms with E-state index in [1.165, 1.54) is 37.4 Å². The number of piperazine rings is 1. The first-order chi connectivity index (χ1) is 17.1. The molecular formula is C29H38FN3O2. The van der Waals surface area contributed by atoms with E-state index in [1.807, 2.05) is 18.2 Å². The highest BCUT2D eigenvalue weighted by Gasteiger charge is 2.38. The van der Waals surface area contributed by atoms with Crippen LogP contribution < -0.4 is 9.64 Å². The number of anilines is 1. The standard InChI is InChI=1S/C29H38FN3O2/c1-35-27-11-5-10-26(18-27)32-14-12-31(13-15-32)19-24-20-33(29(34)16-22-6-2-3-7-22)21-28(24)23-8-4-9-25(30)17-23/h4-5,8-11,17-18,22,24,28H,2-3,6-7,12-16,19-21H2,1H3. The molecule has 0 spiro atoms. The Morgan fingerprint density at radius 3 is 2.51 bits per heavy atom. The summed E-state index contributed by atoms with van der Waals surface area (Å²) in [7, 11) is 1.70. The van der Waals surface area contributed by atoms with E-state index >= 15 is 0 Å². The van der Waals surface area contributed by atoms with E-state index in [9.17, 15) is 9.18 Å². The molecule has 6 heteroatoms. The molecule has 2 unspecified atom stereocenters. The maximum absolute atomic E-state index is 14.1. The lowest BCUT2D eigenvalue weighted by molar-refractivity contribution is -0.131. The zero-order chi connectivity index (χ0) is 24.2. The van der Waals surface area contributed by atoms with E-state index < -0.39 is 0 Å². The van der Waals surface area contributed by atoms with Crippen LogP contribution in [-0.2, 0) is 4.79 Å². The van der Waals surface area contributed by atoms with E-state index in [4.69, 9.17) is 4.74 Å². The highest BCUT2D eigenvalue weighted by molar-refractivity contribution is 5.77. The van der Waals surface area contributed by atoms with Gasteiger partial charge in [-0.1, -0.05) is 31.0 Å². The van der Waals surface area contributed by atoms with Crippen LogP contribution in [0.15, 0.2) is 48.5 Å². The predicted octanol–water partition coefficient (Wildman–Crippen LogP) is 4.78. The minimum absolute atomic E-state index is 0.189. The molecule has 2 aromatic carbocycles. The van der Waals surface area contributed by atoms with Crippen LogP contribution in [0.2, 0.25) is 0 Å². The molecule has 5 nitrogen and oxygen atoms in total. The monoisotopic (exact) mass is 479 g/mol. The van der Waals surface area contributed by atoms with Crippen molar-refractivity contribution in [1.29, 1.82) is 0 Å². The molecule has 0 bridgehead atoms. The number of halogens is 1. The second-order valence-electron chi connectivity index (χ2n) is 10.6. The summed E-state index contributed by atoms with van der Waals surface area (Å²) in [4.78, 5) is 20.2. The first-order valence-electron chi connectivity index (χ1n) is 13.2. The minimum atomic E-state index is -0.191. The number of methoxy groups -OCH3 is 1. The fourth-order valence-corrected chi connectivity index (χ4v) is 6.29. The van der Waals surface area contributed by atoms with Gasteiger partial charge < -0.3 is 14.5 Å². The maximum atomic E-state index is 14.1. The van der Waals surface area contributed by atoms with Crippen molar-refractivity contribution in [2.75, 3.05) is 57.8 Å². The second kappa shape index (κ2) is 11.0. The first kappa shape index (κ1) is 24.1. The lowest BCUT2D eigenvalue weighted by atomic mass is 9.88. The Morgan fingerprint density at radius 1 is 1.00 bits per heavy atom. The Morgan fingerprint density at radius 2 is 1.77 bits per heavy atom. The number of nitrogens with zero attached hydrogens (tertiary/aromatic N) is 3. The molecule has 1 aliphatic carbocycles. The van der Waals surface area contributed by atoms with Crippen molar-refractivity contribution in [3.8, 4) is 5.75 Å². The van der Waals surface area contributed by atoms with E-state index in [1.54, 1.807) is 19.2 Å². The van der Waals surface area contributed by atoms with Crippen LogP contribution in [0.4, 0.5) is 10.1 Å². The van der Waals surface area contributed by atoms with Crippen molar-refractivity contribution >= 4 is 11.6 Å². The zero-order valence-electron chi connectivity index (χ0n) is 20.9. The van der Waals surface area contributed by atoms with Crippen LogP contribution in [-0.4, -0.2) is 68.6 Å². The Bertz CT molecular complexity index is 1000. The van der Waals surface area contributed by atoms with Crippen molar-refractivity contribution in [2.45, 2.75) is 38.0 Å². The summed E-state index contributed by atoms with van der Waals surface area (Å²) < 4.78 is 19.5. The molecule has 0 N–H and O–H groups in total. The molecule has 3 fully saturated rings. The second-order valence-corrected chi connectivity index (χ2v) is 10.6. The van der Waals surface area contributed by atoms with E-state index in [0.717, 1.165) is 50.6 Å². The van der Waals surface area contributed by atoms with Crippen molar-refractivity contribution in [1.82, 2.24) is 9.80 Å². The number of carbonyl (C=O) groups excluding carboxylic acids is 1. The summed E-state index contributed by atoms with van der Waals surface area (Å²) in [6, 6.07) is 15.3. The third-order valence-corrected chi connectivity index (χ3v) is 8.29. The van der Waals surface area contributed by atoms with Gasteiger partial charge in [0.1, 0.15) is 11.6 Å². The van der Waals surface area contributed by atoms with Gasteiger partial charge in [-0.3, -0.25) is 9.69 Å². The Labute approximate surface area is 208 Å². The van der Waals surface area contributed by atoms with Gasteiger partial charge >= 0.3 is 0 Å². The smallest absolute Gasteiger partial charge is 0.222 e. The molecule has 188 valence electrons. The number of rotatable bonds is 7. The number of benzene rings is 2. The van der Waals surface area contributed by atoms with E-state index in [0.29, 0.717) is 30.7 Å². The highest BCUT2D eigenvalue weighted by Crippen LogP contribution is 2.36. The average molecular weight is 480 g/mol. The van der Waals surface area contributed by atoms with E-state index in [2.05, 4.69) is 26.8 Å². The van der Waals surface area contributed by atoms with Crippen molar-refractivity contribution in [2.24, 2.45) is 11.8 Å². The van der Waals surface area contributed by atoms with Gasteiger partial charge in [0.2, 0.25) is 5.91 Å². The molecule has 2 heterocycles. The van der Waals surface area contributed by atoms with E-state index in [-0.39, 0.29) is 11.7 Å². The molecule has 3 aliphatic rings. The summed E-state index contributed by atoms with van der Waals surface area (Å²) in [6.07, 6.45) is 5.58. The van der Waals surface area contributed by atoms with Gasteiger partial charge in [0.15, 0.2) is 0 Å². The molecule has 1 amide bonds. The van der Waals surface area contributed by atoms with Gasteiger partial charge in [0.05, 0.1) is 7.11 Å². The number of likely N-dealkylation sites (tertiary alicyclic amines) is 1. The van der Waals surface area contributed by atoms with Crippen molar-refractivity contribution < 1.29 is 13.9 Å². The number of hydrogen-bond acceptors (Lipinski definition) is 4. The Balaban J connectivity index is 1.23. The van der Waals surface area contributed by atoms with Gasteiger partial charge in [-0.05, 0) is 54.5 Å². The first-order valence-corrected chi connectivity index (χ1v) is 13.2. The quantitative estimate of drug-likeness (QED) is 0.573. The average Bonchev–Trinajstić information content (AvgIpc) is 3.55. The summed E-state index contributed by atoms with van der Waals surface area (Å²) >= 11 is 0. The number of hydrogen-bond donors (Lipinski definition) is 0. The SMILES string of the molecule is COc1cccc(N2CCN(CC3CN(C(=O)CC4CCCC4)CC3c3cccc(F)c3)CC2)c1. The molecule has 2 aliphatic heterocycles. The summed E-state index contributed by atoms with van der Waals surface area (Å²) in [6.45, 7) is 6.34. The molecule has 0 radical (unpaired) electrons. The van der Waals surface area contributed by atoms with Gasteiger partial charge in [-0.25, -0.2) is 4.39 Å². The summed E-state index contributed by atoms with van der Waals surface area (Å²) in [5.41, 5.74) is 2.23. The number of carbonyl (C=O) groups is 1. The van der Waals surface area contributed by atoms with Crippen LogP contribution in [0, 0.1) is 17.7 Å². The largest absolute Gasteiger partial charge is 0.497 e. The molecule has 2 aromatic rings. The van der Waals surface area contributed by atoms with Gasteiger partial charge in [-0.2, -0.15) is 0 Å². The Kier molecular flexibility index (Phi) is 7.57. The fraction of sp³-hybridized carbons (Fsp3) is 0.552. The lowest BCUT2D eigenvalue weighted by Gasteiger charge is -2.38. The molecule has 5 rings (SSSR count). The van der Waals surface area contributed by atoms with Crippen LogP contribution in [0.5, 0.6) is 5.75 Å². The highest BCUT2D eigenvalue weighted by atomic mass is 19.1. The fourth-order valence-electron chi connectivity index (χ4n) is 6.29. The topological polar surface area (TPSA) is 36.0 Å². The molecule has 0 aromatic heterocycles. The summed E-state index contributed by atoms with van der Waals surface area (Å²) in [5.74, 6) is 2.06. The van der Waals surface area contributed by atoms with Gasteiger partial charge in [0, 0.05) is 69.9 Å². The third-order valence-electron chi connectivity index (χ3n) is 8.29. The van der Waals surface area contributed by atoms with Crippen molar-refractivity contribution in [3.05, 3.63) is 59.9 Å². The normalized spacial score (nSPS) is 23.7. The van der Waals surface area contributed by atoms with Crippen LogP contribution in [0.25, 0.3) is 0 Å². The van der Waals surface area contributed by atoms with Crippen LogP contribution in [0.3, 0.4) is 0 Å². The molecular weight excluding hydrogens is 441 g/mol. The lowest BCUT2D eigenvalue weighted by Crippen LogP contribution is -2.48. The molecule has 35 heavy (non-hydrogen) atoms. The Hall–Kier alpha value is -2.60. The zero-order valence-corrected chi connectivity index (χ0v) is 20.9. The van der Waals surface area contributed by atoms with Gasteiger partial charge in [0.25, 0.3) is 0 Å². The molecule has 2 atom stereocenters. The van der Waals surface area contributed by atoms with Crippen LogP contribution in [0.1, 0.15) is 43.6 Å². The number of ether oxygens (including phenoxy) is 1. The molecule has 1 saturated carbocycles. The summed E-state index contributed by atoms with van der Waals surface area (Å²) in [5, 5.41) is 0. The van der Waals surface area contributed by atoms with Crippen molar-refractivity contribution in [3.63, 3.8) is 0 Å². The molecule has 2 saturated heterocycles. The van der Waals surface area contributed by atoms with Crippen LogP contribution >= 0.6 is 0 Å². The van der Waals surface area contributed by atoms with Gasteiger partial charge in [-0.15, -0.1) is 0 Å². The number of amides is 1.